The number of benzene rings is 2. The first kappa shape index (κ1) is 19.4. The minimum atomic E-state index is -1.22. The zero-order chi connectivity index (χ0) is 21.6. The normalized spacial score (nSPS) is 19.6. The Hall–Kier alpha value is -3.54. The number of carbonyl (C=O) groups excluding carboxylic acids is 2. The summed E-state index contributed by atoms with van der Waals surface area (Å²) < 4.78 is 0. The van der Waals surface area contributed by atoms with Crippen molar-refractivity contribution in [2.45, 2.75) is 25.3 Å². The summed E-state index contributed by atoms with van der Waals surface area (Å²) in [5, 5.41) is 4.11. The van der Waals surface area contributed by atoms with Gasteiger partial charge in [-0.05, 0) is 30.5 Å². The van der Waals surface area contributed by atoms with E-state index in [4.69, 9.17) is 0 Å². The largest absolute Gasteiger partial charge is 0.355 e. The van der Waals surface area contributed by atoms with Crippen molar-refractivity contribution in [1.82, 2.24) is 15.2 Å². The summed E-state index contributed by atoms with van der Waals surface area (Å²) in [5.74, 6) is -0.118. The molecule has 3 amide bonds. The molecule has 6 nitrogen and oxygen atoms in total. The minimum absolute atomic E-state index is 0.118. The number of nitrogens with one attached hydrogen (secondary N) is 2. The van der Waals surface area contributed by atoms with Crippen LogP contribution in [0.3, 0.4) is 0 Å². The maximum absolute atomic E-state index is 14.2. The highest BCUT2D eigenvalue weighted by Crippen LogP contribution is 2.51. The first-order valence-corrected chi connectivity index (χ1v) is 10.8. The van der Waals surface area contributed by atoms with Crippen LogP contribution in [0.4, 0.5) is 10.5 Å². The van der Waals surface area contributed by atoms with E-state index in [1.54, 1.807) is 15.9 Å². The van der Waals surface area contributed by atoms with Crippen molar-refractivity contribution in [1.29, 1.82) is 0 Å². The average Bonchev–Trinajstić information content (AvgIpc) is 3.29. The van der Waals surface area contributed by atoms with Crippen LogP contribution in [0.25, 0.3) is 10.9 Å². The molecule has 1 atom stereocenters. The van der Waals surface area contributed by atoms with Gasteiger partial charge in [-0.1, -0.05) is 49.4 Å². The predicted octanol–water partition coefficient (Wildman–Crippen LogP) is 3.92. The standard InChI is InChI=1S/C25H26N4O2/c1-3-14-26-24(31)29-16-13-18-17-9-5-7-11-20(17)27-22(18)25(29)19-10-6-8-12-21(19)28(15-4-2)23(25)30/h4-12,27H,2-3,13-16H2,1H3,(H,26,31). The zero-order valence-electron chi connectivity index (χ0n) is 17.6. The van der Waals surface area contributed by atoms with Crippen LogP contribution in [0.2, 0.25) is 0 Å². The van der Waals surface area contributed by atoms with Crippen molar-refractivity contribution in [2.75, 3.05) is 24.5 Å². The second-order valence-corrected chi connectivity index (χ2v) is 8.09. The number of anilines is 1. The van der Waals surface area contributed by atoms with E-state index in [1.165, 1.54) is 0 Å². The van der Waals surface area contributed by atoms with Gasteiger partial charge in [0.05, 0.1) is 11.4 Å². The monoisotopic (exact) mass is 414 g/mol. The average molecular weight is 415 g/mol. The van der Waals surface area contributed by atoms with Crippen molar-refractivity contribution >= 4 is 28.5 Å². The number of carbonyl (C=O) groups is 2. The van der Waals surface area contributed by atoms with Gasteiger partial charge in [0, 0.05) is 36.1 Å². The summed E-state index contributed by atoms with van der Waals surface area (Å²) in [6.45, 7) is 7.28. The zero-order valence-corrected chi connectivity index (χ0v) is 17.6. The van der Waals surface area contributed by atoms with Crippen molar-refractivity contribution in [2.24, 2.45) is 0 Å². The molecule has 1 unspecified atom stereocenters. The fraction of sp³-hybridized carbons (Fsp3) is 0.280. The molecular formula is C25H26N4O2. The third-order valence-electron chi connectivity index (χ3n) is 6.39. The molecule has 5 rings (SSSR count). The molecule has 3 aromatic rings. The lowest BCUT2D eigenvalue weighted by molar-refractivity contribution is -0.126. The lowest BCUT2D eigenvalue weighted by Crippen LogP contribution is -2.61. The number of fused-ring (bicyclic) bond motifs is 6. The van der Waals surface area contributed by atoms with Crippen LogP contribution in [-0.2, 0) is 16.8 Å². The van der Waals surface area contributed by atoms with Gasteiger partial charge in [0.25, 0.3) is 5.91 Å². The smallest absolute Gasteiger partial charge is 0.318 e. The van der Waals surface area contributed by atoms with E-state index in [0.29, 0.717) is 26.1 Å². The number of aromatic nitrogens is 1. The maximum Gasteiger partial charge on any atom is 0.318 e. The van der Waals surface area contributed by atoms with Crippen molar-refractivity contribution in [3.8, 4) is 0 Å². The number of amides is 3. The molecule has 3 heterocycles. The Bertz CT molecular complexity index is 1200. The molecule has 158 valence electrons. The molecule has 0 radical (unpaired) electrons. The van der Waals surface area contributed by atoms with E-state index in [-0.39, 0.29) is 11.9 Å². The van der Waals surface area contributed by atoms with Crippen molar-refractivity contribution in [3.05, 3.63) is 78.0 Å². The SMILES string of the molecule is C=CCN1C(=O)C2(c3ccccc31)c1[nH]c3ccccc3c1CCN2C(=O)NCCC. The predicted molar refractivity (Wildman–Crippen MR) is 122 cm³/mol. The van der Waals surface area contributed by atoms with Gasteiger partial charge in [-0.2, -0.15) is 0 Å². The molecule has 1 aromatic heterocycles. The summed E-state index contributed by atoms with van der Waals surface area (Å²) in [7, 11) is 0. The maximum atomic E-state index is 14.2. The Balaban J connectivity index is 1.81. The van der Waals surface area contributed by atoms with Gasteiger partial charge in [0.15, 0.2) is 5.54 Å². The van der Waals surface area contributed by atoms with Crippen LogP contribution in [-0.4, -0.2) is 41.5 Å². The molecule has 0 aliphatic carbocycles. The molecule has 0 saturated carbocycles. The van der Waals surface area contributed by atoms with Gasteiger partial charge < -0.3 is 20.1 Å². The Kier molecular flexibility index (Phi) is 4.58. The van der Waals surface area contributed by atoms with Crippen LogP contribution < -0.4 is 10.2 Å². The van der Waals surface area contributed by atoms with E-state index in [0.717, 1.165) is 39.8 Å². The number of H-pyrrole nitrogens is 1. The quantitative estimate of drug-likeness (QED) is 0.636. The van der Waals surface area contributed by atoms with E-state index in [9.17, 15) is 9.59 Å². The first-order valence-electron chi connectivity index (χ1n) is 10.8. The Morgan fingerprint density at radius 3 is 2.81 bits per heavy atom. The molecule has 31 heavy (non-hydrogen) atoms. The van der Waals surface area contributed by atoms with Gasteiger partial charge in [0.1, 0.15) is 0 Å². The number of para-hydroxylation sites is 2. The summed E-state index contributed by atoms with van der Waals surface area (Å²) in [4.78, 5) is 34.6. The van der Waals surface area contributed by atoms with E-state index < -0.39 is 5.54 Å². The minimum Gasteiger partial charge on any atom is -0.355 e. The molecule has 2 aromatic carbocycles. The highest BCUT2D eigenvalue weighted by atomic mass is 16.2. The topological polar surface area (TPSA) is 68.4 Å². The summed E-state index contributed by atoms with van der Waals surface area (Å²) in [5.41, 5.74) is 3.34. The van der Waals surface area contributed by atoms with Gasteiger partial charge >= 0.3 is 6.03 Å². The van der Waals surface area contributed by atoms with E-state index in [2.05, 4.69) is 22.9 Å². The molecule has 1 spiro atoms. The van der Waals surface area contributed by atoms with E-state index in [1.807, 2.05) is 49.4 Å². The van der Waals surface area contributed by atoms with Crippen LogP contribution in [0.15, 0.2) is 61.2 Å². The third kappa shape index (κ3) is 2.57. The lowest BCUT2D eigenvalue weighted by Gasteiger charge is -2.43. The number of urea groups is 1. The van der Waals surface area contributed by atoms with Crippen molar-refractivity contribution in [3.63, 3.8) is 0 Å². The molecule has 2 N–H and O–H groups in total. The highest BCUT2D eigenvalue weighted by Gasteiger charge is 2.60. The van der Waals surface area contributed by atoms with Gasteiger partial charge in [0.2, 0.25) is 0 Å². The molecule has 6 heteroatoms. The highest BCUT2D eigenvalue weighted by molar-refractivity contribution is 6.12. The first-order chi connectivity index (χ1) is 15.1. The molecule has 2 aliphatic rings. The van der Waals surface area contributed by atoms with Gasteiger partial charge in [-0.25, -0.2) is 4.79 Å². The molecule has 2 aliphatic heterocycles. The molecule has 0 fully saturated rings. The molecule has 0 bridgehead atoms. The number of rotatable bonds is 4. The van der Waals surface area contributed by atoms with Crippen LogP contribution in [0, 0.1) is 0 Å². The second-order valence-electron chi connectivity index (χ2n) is 8.09. The van der Waals surface area contributed by atoms with E-state index >= 15 is 0 Å². The Morgan fingerprint density at radius 2 is 2.00 bits per heavy atom. The fourth-order valence-corrected chi connectivity index (χ4v) is 5.12. The number of hydrogen-bond donors (Lipinski definition) is 2. The van der Waals surface area contributed by atoms with Gasteiger partial charge in [-0.3, -0.25) is 4.79 Å². The summed E-state index contributed by atoms with van der Waals surface area (Å²) in [6, 6.07) is 15.7. The molecule has 0 saturated heterocycles. The Morgan fingerprint density at radius 1 is 1.23 bits per heavy atom. The Labute approximate surface area is 181 Å². The summed E-state index contributed by atoms with van der Waals surface area (Å²) >= 11 is 0. The van der Waals surface area contributed by atoms with Gasteiger partial charge in [-0.15, -0.1) is 6.58 Å². The second kappa shape index (κ2) is 7.30. The number of hydrogen-bond acceptors (Lipinski definition) is 2. The number of aromatic amines is 1. The van der Waals surface area contributed by atoms with Crippen LogP contribution in [0.1, 0.15) is 30.2 Å². The number of nitrogens with zero attached hydrogens (tertiary/aromatic N) is 2. The van der Waals surface area contributed by atoms with Crippen LogP contribution >= 0.6 is 0 Å². The van der Waals surface area contributed by atoms with Crippen molar-refractivity contribution < 1.29 is 9.59 Å². The lowest BCUT2D eigenvalue weighted by atomic mass is 9.80. The summed E-state index contributed by atoms with van der Waals surface area (Å²) in [6.07, 6.45) is 3.25. The third-order valence-corrected chi connectivity index (χ3v) is 6.39. The fourth-order valence-electron chi connectivity index (χ4n) is 5.12. The molecular weight excluding hydrogens is 388 g/mol. The van der Waals surface area contributed by atoms with Crippen LogP contribution in [0.5, 0.6) is 0 Å².